The van der Waals surface area contributed by atoms with E-state index >= 15 is 0 Å². The van der Waals surface area contributed by atoms with Crippen molar-refractivity contribution in [2.45, 2.75) is 17.1 Å². The predicted molar refractivity (Wildman–Crippen MR) is 119 cm³/mol. The average Bonchev–Trinajstić information content (AvgIpc) is 3.11. The quantitative estimate of drug-likeness (QED) is 0.215. The third-order valence-corrected chi connectivity index (χ3v) is 5.56. The van der Waals surface area contributed by atoms with Gasteiger partial charge in [0.1, 0.15) is 11.5 Å². The lowest BCUT2D eigenvalue weighted by Crippen LogP contribution is -2.05. The van der Waals surface area contributed by atoms with E-state index in [1.807, 2.05) is 73.1 Å². The van der Waals surface area contributed by atoms with Crippen molar-refractivity contribution in [1.82, 2.24) is 14.5 Å². The number of thioether (sulfide) groups is 1. The van der Waals surface area contributed by atoms with Crippen LogP contribution in [0.3, 0.4) is 0 Å². The van der Waals surface area contributed by atoms with Gasteiger partial charge in [0.25, 0.3) is 0 Å². The molecule has 0 spiro atoms. The molecule has 28 heavy (non-hydrogen) atoms. The molecule has 2 aromatic heterocycles. The van der Waals surface area contributed by atoms with Gasteiger partial charge in [-0.1, -0.05) is 59.8 Å². The summed E-state index contributed by atoms with van der Waals surface area (Å²) in [7, 11) is 0. The van der Waals surface area contributed by atoms with Gasteiger partial charge < -0.3 is 9.88 Å². The van der Waals surface area contributed by atoms with E-state index in [4.69, 9.17) is 28.2 Å². The second kappa shape index (κ2) is 8.43. The summed E-state index contributed by atoms with van der Waals surface area (Å²) >= 11 is 14.3. The van der Waals surface area contributed by atoms with E-state index in [1.165, 1.54) is 11.8 Å². The molecule has 1 N–H and O–H groups in total. The van der Waals surface area contributed by atoms with Crippen LogP contribution in [-0.4, -0.2) is 20.8 Å². The van der Waals surface area contributed by atoms with E-state index in [1.54, 1.807) is 0 Å². The van der Waals surface area contributed by atoms with Gasteiger partial charge in [0, 0.05) is 23.5 Å². The SMILES string of the molecule is CSc1nc(Nc2cccc(Cl)c2)c2ccn(CC(Cl)c3ccccc3)c2n1. The number of rotatable bonds is 6. The molecule has 0 saturated heterocycles. The minimum absolute atomic E-state index is 0.145. The van der Waals surface area contributed by atoms with Crippen molar-refractivity contribution >= 4 is 57.5 Å². The maximum absolute atomic E-state index is 6.66. The Bertz CT molecular complexity index is 1100. The van der Waals surface area contributed by atoms with Crippen molar-refractivity contribution in [1.29, 1.82) is 0 Å². The van der Waals surface area contributed by atoms with Crippen molar-refractivity contribution in [3.8, 4) is 0 Å². The van der Waals surface area contributed by atoms with Gasteiger partial charge in [-0.25, -0.2) is 9.97 Å². The first-order valence-electron chi connectivity index (χ1n) is 8.76. The first-order chi connectivity index (χ1) is 13.6. The maximum Gasteiger partial charge on any atom is 0.191 e. The van der Waals surface area contributed by atoms with Gasteiger partial charge in [-0.05, 0) is 36.1 Å². The summed E-state index contributed by atoms with van der Waals surface area (Å²) in [4.78, 5) is 9.36. The number of hydrogen-bond donors (Lipinski definition) is 1. The molecule has 0 aliphatic heterocycles. The van der Waals surface area contributed by atoms with Crippen LogP contribution >= 0.6 is 35.0 Å². The van der Waals surface area contributed by atoms with Crippen LogP contribution in [-0.2, 0) is 6.54 Å². The molecule has 0 saturated carbocycles. The van der Waals surface area contributed by atoms with Gasteiger partial charge in [-0.3, -0.25) is 0 Å². The third kappa shape index (κ3) is 4.12. The van der Waals surface area contributed by atoms with Crippen molar-refractivity contribution in [2.24, 2.45) is 0 Å². The fourth-order valence-corrected chi connectivity index (χ4v) is 3.87. The second-order valence-electron chi connectivity index (χ2n) is 6.28. The Morgan fingerprint density at radius 3 is 2.64 bits per heavy atom. The Kier molecular flexibility index (Phi) is 5.76. The van der Waals surface area contributed by atoms with Crippen LogP contribution in [0.5, 0.6) is 0 Å². The number of nitrogens with zero attached hydrogens (tertiary/aromatic N) is 3. The summed E-state index contributed by atoms with van der Waals surface area (Å²) in [5.41, 5.74) is 2.82. The zero-order valence-electron chi connectivity index (χ0n) is 15.1. The highest BCUT2D eigenvalue weighted by molar-refractivity contribution is 7.98. The fraction of sp³-hybridized carbons (Fsp3) is 0.143. The van der Waals surface area contributed by atoms with Crippen LogP contribution in [0.25, 0.3) is 11.0 Å². The number of anilines is 2. The normalized spacial score (nSPS) is 12.2. The predicted octanol–water partition coefficient (Wildman–Crippen LogP) is 6.53. The monoisotopic (exact) mass is 428 g/mol. The van der Waals surface area contributed by atoms with Gasteiger partial charge in [-0.2, -0.15) is 0 Å². The molecule has 4 aromatic rings. The standard InChI is InChI=1S/C21H18Cl2N4S/c1-28-21-25-19(24-16-9-5-8-15(22)12-16)17-10-11-27(20(17)26-21)13-18(23)14-6-3-2-4-7-14/h2-12,18H,13H2,1H3,(H,24,25,26). The number of hydrogen-bond acceptors (Lipinski definition) is 4. The largest absolute Gasteiger partial charge is 0.339 e. The molecule has 0 amide bonds. The Hall–Kier alpha value is -2.21. The molecular formula is C21H18Cl2N4S. The number of halogens is 2. The number of fused-ring (bicyclic) bond motifs is 1. The fourth-order valence-electron chi connectivity index (χ4n) is 3.02. The highest BCUT2D eigenvalue weighted by Gasteiger charge is 2.15. The molecule has 142 valence electrons. The van der Waals surface area contributed by atoms with Gasteiger partial charge in [0.15, 0.2) is 5.16 Å². The van der Waals surface area contributed by atoms with Gasteiger partial charge in [-0.15, -0.1) is 11.6 Å². The van der Waals surface area contributed by atoms with Gasteiger partial charge >= 0.3 is 0 Å². The molecule has 4 rings (SSSR count). The number of nitrogens with one attached hydrogen (secondary N) is 1. The van der Waals surface area contributed by atoms with E-state index in [9.17, 15) is 0 Å². The van der Waals surface area contributed by atoms with E-state index in [-0.39, 0.29) is 5.38 Å². The van der Waals surface area contributed by atoms with Crippen LogP contribution in [0.2, 0.25) is 5.02 Å². The van der Waals surface area contributed by atoms with Crippen molar-refractivity contribution < 1.29 is 0 Å². The van der Waals surface area contributed by atoms with Crippen molar-refractivity contribution in [2.75, 3.05) is 11.6 Å². The summed E-state index contributed by atoms with van der Waals surface area (Å²) in [6.45, 7) is 0.622. The molecule has 0 radical (unpaired) electrons. The molecule has 7 heteroatoms. The highest BCUT2D eigenvalue weighted by atomic mass is 35.5. The summed E-state index contributed by atoms with van der Waals surface area (Å²) in [5, 5.41) is 5.53. The first-order valence-corrected chi connectivity index (χ1v) is 10.8. The van der Waals surface area contributed by atoms with Crippen LogP contribution in [0.4, 0.5) is 11.5 Å². The van der Waals surface area contributed by atoms with E-state index in [2.05, 4.69) is 14.9 Å². The Morgan fingerprint density at radius 2 is 1.89 bits per heavy atom. The molecule has 1 atom stereocenters. The average molecular weight is 429 g/mol. The van der Waals surface area contributed by atoms with Crippen LogP contribution < -0.4 is 5.32 Å². The third-order valence-electron chi connectivity index (χ3n) is 4.39. The van der Waals surface area contributed by atoms with Crippen molar-refractivity contribution in [3.05, 3.63) is 77.4 Å². The lowest BCUT2D eigenvalue weighted by molar-refractivity contribution is 0.692. The van der Waals surface area contributed by atoms with Gasteiger partial charge in [0.05, 0.1) is 10.8 Å². The molecule has 0 aliphatic carbocycles. The summed E-state index contributed by atoms with van der Waals surface area (Å²) in [6, 6.07) is 19.7. The first kappa shape index (κ1) is 19.1. The summed E-state index contributed by atoms with van der Waals surface area (Å²) in [6.07, 6.45) is 3.97. The molecular weight excluding hydrogens is 411 g/mol. The Morgan fingerprint density at radius 1 is 1.07 bits per heavy atom. The number of alkyl halides is 1. The Labute approximate surface area is 177 Å². The number of aromatic nitrogens is 3. The second-order valence-corrected chi connectivity index (χ2v) is 8.01. The zero-order valence-corrected chi connectivity index (χ0v) is 17.5. The Balaban J connectivity index is 1.70. The van der Waals surface area contributed by atoms with Crippen molar-refractivity contribution in [3.63, 3.8) is 0 Å². The molecule has 0 aliphatic rings. The summed E-state index contributed by atoms with van der Waals surface area (Å²) in [5.74, 6) is 0.751. The molecule has 0 fully saturated rings. The minimum Gasteiger partial charge on any atom is -0.339 e. The van der Waals surface area contributed by atoms with Gasteiger partial charge in [0.2, 0.25) is 0 Å². The van der Waals surface area contributed by atoms with Crippen LogP contribution in [0, 0.1) is 0 Å². The summed E-state index contributed by atoms with van der Waals surface area (Å²) < 4.78 is 2.07. The lowest BCUT2D eigenvalue weighted by atomic mass is 10.1. The van der Waals surface area contributed by atoms with E-state index in [0.717, 1.165) is 28.1 Å². The lowest BCUT2D eigenvalue weighted by Gasteiger charge is -2.13. The molecule has 4 nitrogen and oxygen atoms in total. The topological polar surface area (TPSA) is 42.7 Å². The van der Waals surface area contributed by atoms with Crippen LogP contribution in [0.15, 0.2) is 72.0 Å². The molecule has 0 bridgehead atoms. The van der Waals surface area contributed by atoms with E-state index < -0.39 is 0 Å². The smallest absolute Gasteiger partial charge is 0.191 e. The van der Waals surface area contributed by atoms with E-state index in [0.29, 0.717) is 16.7 Å². The van der Waals surface area contributed by atoms with Crippen LogP contribution in [0.1, 0.15) is 10.9 Å². The minimum atomic E-state index is -0.145. The zero-order chi connectivity index (χ0) is 19.5. The molecule has 1 unspecified atom stereocenters. The highest BCUT2D eigenvalue weighted by Crippen LogP contribution is 2.30. The maximum atomic E-state index is 6.66. The molecule has 2 heterocycles. The molecule has 2 aromatic carbocycles. The number of benzene rings is 2.